The molecule has 7 N–H and O–H groups in total. The minimum atomic E-state index is -1.98. The number of carbonyl (C=O) groups is 12. The second-order valence-electron chi connectivity index (χ2n) is 32.7. The largest absolute Gasteiger partial charge is 0.477 e. The summed E-state index contributed by atoms with van der Waals surface area (Å²) >= 11 is 18.8. The standard InChI is InChI=1S/C66H118N8O19S4/c1-46(75)34-71(14,15)30-22-26-67-50(82)62(10,94)38-58(2,3)54(86)90-42-66(43-91-55(87)59(4,5)39-63(11,95)51(83)68-27-23-31-72(16,17)35-47(76)77,44-92-56(88)60(6,7)40-64(12,96)52(84)69-28-24-32-73(18,19)36-48(78)79)45-93-57(89)61(8,9)41-65(13,97)53(85)70-29-25-33-74(20,21)37-49(80)81/h22-45H2,1-21H3,(H7-4,67,68,69,70,76,77,78,79,80,81,82,83,84,85,94,95,96,97)/p+4. The van der Waals surface area contributed by atoms with Gasteiger partial charge in [0.1, 0.15) is 38.4 Å². The molecule has 0 spiro atoms. The van der Waals surface area contributed by atoms with Gasteiger partial charge in [-0.2, -0.15) is 50.5 Å². The molecule has 4 atom stereocenters. The predicted molar refractivity (Wildman–Crippen MR) is 381 cm³/mol. The molecule has 27 nitrogen and oxygen atoms in total. The molecule has 0 radical (unpaired) electrons. The Balaban J connectivity index is 7.67. The van der Waals surface area contributed by atoms with E-state index in [4.69, 9.17) is 31.6 Å². The summed E-state index contributed by atoms with van der Waals surface area (Å²) in [6, 6.07) is 0. The minimum Gasteiger partial charge on any atom is -0.477 e. The van der Waals surface area contributed by atoms with Crippen molar-refractivity contribution in [3.63, 3.8) is 0 Å². The molecule has 0 heterocycles. The van der Waals surface area contributed by atoms with Gasteiger partial charge in [0.25, 0.3) is 0 Å². The van der Waals surface area contributed by atoms with Gasteiger partial charge in [-0.25, -0.2) is 14.4 Å². The van der Waals surface area contributed by atoms with Gasteiger partial charge in [0.05, 0.1) is 123 Å². The number of aliphatic carboxylic acids is 3. The zero-order valence-corrected chi connectivity index (χ0v) is 65.5. The van der Waals surface area contributed by atoms with Crippen molar-refractivity contribution in [2.24, 2.45) is 27.1 Å². The maximum Gasteiger partial charge on any atom is 0.359 e. The number of rotatable bonds is 48. The molecule has 0 rings (SSSR count). The number of thiol groups is 4. The Hall–Kier alpha value is -4.92. The number of ether oxygens (including phenoxy) is 4. The van der Waals surface area contributed by atoms with Crippen LogP contribution in [0.3, 0.4) is 0 Å². The highest BCUT2D eigenvalue weighted by Crippen LogP contribution is 2.40. The lowest BCUT2D eigenvalue weighted by Crippen LogP contribution is -2.50. The number of carbonyl (C=O) groups excluding carboxylic acids is 9. The van der Waals surface area contributed by atoms with Crippen molar-refractivity contribution in [1.82, 2.24) is 21.3 Å². The fourth-order valence-corrected chi connectivity index (χ4v) is 13.5. The van der Waals surface area contributed by atoms with Crippen LogP contribution in [0.1, 0.15) is 141 Å². The van der Waals surface area contributed by atoms with Crippen LogP contribution in [0, 0.1) is 27.1 Å². The van der Waals surface area contributed by atoms with Crippen molar-refractivity contribution in [2.45, 2.75) is 160 Å². The van der Waals surface area contributed by atoms with E-state index in [9.17, 15) is 72.9 Å². The molecule has 0 fully saturated rings. The first-order chi connectivity index (χ1) is 43.5. The Morgan fingerprint density at radius 2 is 0.505 bits per heavy atom. The molecule has 0 aromatic rings. The number of esters is 4. The Labute approximate surface area is 598 Å². The molecule has 0 aliphatic heterocycles. The lowest BCUT2D eigenvalue weighted by molar-refractivity contribution is -0.883. The smallest absolute Gasteiger partial charge is 0.359 e. The maximum atomic E-state index is 14.6. The number of ketones is 1. The van der Waals surface area contributed by atoms with Gasteiger partial charge in [-0.05, 0) is 109 Å². The predicted octanol–water partition coefficient (Wildman–Crippen LogP) is 3.74. The third kappa shape index (κ3) is 35.3. The SMILES string of the molecule is CC(=O)C[N+](C)(C)CCCNC(=O)C(C)(S)CC(C)(C)C(=O)OCC(COC(=O)C(C)(C)CC(C)(S)C(=O)NCCC[N+](C)(C)CC(=O)O)(COC(=O)C(C)(C)CC(C)(S)C(=O)NCCC[N+](C)(C)CC(=O)O)COC(=O)C(C)(C)CC(C)(S)C(=O)NCCC[N+](C)(C)CC(=O)O. The van der Waals surface area contributed by atoms with Crippen LogP contribution in [0.2, 0.25) is 0 Å². The van der Waals surface area contributed by atoms with Crippen LogP contribution in [0.15, 0.2) is 0 Å². The average molecular weight is 1460 g/mol. The lowest BCUT2D eigenvalue weighted by Gasteiger charge is -2.38. The van der Waals surface area contributed by atoms with E-state index in [-0.39, 0.29) is 90.7 Å². The normalized spacial score (nSPS) is 15.8. The molecule has 97 heavy (non-hydrogen) atoms. The number of nitrogens with zero attached hydrogens (tertiary/aromatic N) is 4. The zero-order chi connectivity index (χ0) is 76.1. The molecule has 4 unspecified atom stereocenters. The van der Waals surface area contributed by atoms with E-state index in [0.717, 1.165) is 0 Å². The lowest BCUT2D eigenvalue weighted by atomic mass is 9.81. The molecule has 4 amide bonds. The number of hydrogen-bond donors (Lipinski definition) is 11. The van der Waals surface area contributed by atoms with Crippen LogP contribution in [-0.2, 0) is 76.5 Å². The van der Waals surface area contributed by atoms with E-state index in [1.807, 2.05) is 14.1 Å². The number of amides is 4. The van der Waals surface area contributed by atoms with Crippen LogP contribution in [-0.4, -0.2) is 285 Å². The highest BCUT2D eigenvalue weighted by molar-refractivity contribution is 7.83. The summed E-state index contributed by atoms with van der Waals surface area (Å²) < 4.78 is 19.3. The first-order valence-electron chi connectivity index (χ1n) is 32.7. The quantitative estimate of drug-likeness (QED) is 0.0136. The summed E-state index contributed by atoms with van der Waals surface area (Å²) in [6.07, 6.45) is 0.914. The summed E-state index contributed by atoms with van der Waals surface area (Å²) in [5, 5.41) is 39.3. The molecule has 0 aromatic carbocycles. The molecule has 0 saturated carbocycles. The minimum absolute atomic E-state index is 0.0178. The van der Waals surface area contributed by atoms with E-state index in [0.29, 0.717) is 62.9 Å². The molecule has 0 aliphatic carbocycles. The van der Waals surface area contributed by atoms with Gasteiger partial charge in [-0.15, -0.1) is 0 Å². The first-order valence-corrected chi connectivity index (χ1v) is 34.5. The van der Waals surface area contributed by atoms with Gasteiger partial charge in [-0.3, -0.25) is 43.2 Å². The number of carboxylic acids is 3. The Morgan fingerprint density at radius 1 is 0.330 bits per heavy atom. The number of hydrogen-bond acceptors (Lipinski definition) is 20. The topological polar surface area (TPSA) is 351 Å². The molecule has 31 heteroatoms. The van der Waals surface area contributed by atoms with Gasteiger partial charge in [0, 0.05) is 58.8 Å². The van der Waals surface area contributed by atoms with E-state index in [1.165, 1.54) is 90.0 Å². The fraction of sp³-hybridized carbons (Fsp3) is 0.818. The molecular weight excluding hydrogens is 1340 g/mol. The molecule has 560 valence electrons. The van der Waals surface area contributed by atoms with E-state index < -0.39 is 138 Å². The summed E-state index contributed by atoms with van der Waals surface area (Å²) in [5.41, 5.74) is -8.04. The zero-order valence-electron chi connectivity index (χ0n) is 61.9. The van der Waals surface area contributed by atoms with Crippen LogP contribution in [0.5, 0.6) is 0 Å². The second-order valence-corrected chi connectivity index (χ2v) is 36.7. The first kappa shape index (κ1) is 92.1. The number of carboxylic acid groups (broad SMARTS) is 3. The third-order valence-corrected chi connectivity index (χ3v) is 18.0. The molecule has 0 aliphatic rings. The van der Waals surface area contributed by atoms with Crippen molar-refractivity contribution in [1.29, 1.82) is 0 Å². The number of Topliss-reactive ketones (excluding diaryl/α,β-unsaturated/α-hetero) is 1. The molecule has 0 bridgehead atoms. The Kier molecular flexibility index (Phi) is 35.2. The van der Waals surface area contributed by atoms with Crippen LogP contribution in [0.25, 0.3) is 0 Å². The third-order valence-electron chi connectivity index (χ3n) is 16.6. The molecular formula is C66H122N8O19S4+4. The second kappa shape index (κ2) is 37.1. The number of likely N-dealkylation sites (N-methyl/N-ethyl adjacent to an activating group) is 4. The van der Waals surface area contributed by atoms with Crippen LogP contribution >= 0.6 is 50.5 Å². The monoisotopic (exact) mass is 1460 g/mol. The van der Waals surface area contributed by atoms with Crippen molar-refractivity contribution < 1.29 is 110 Å². The van der Waals surface area contributed by atoms with Gasteiger partial charge in [0.2, 0.25) is 23.6 Å². The maximum absolute atomic E-state index is 14.6. The summed E-state index contributed by atoms with van der Waals surface area (Å²) in [5.74, 6) is -8.66. The highest BCUT2D eigenvalue weighted by Gasteiger charge is 2.49. The van der Waals surface area contributed by atoms with E-state index in [1.54, 1.807) is 42.3 Å². The number of quaternary nitrogens is 4. The number of nitrogens with one attached hydrogen (secondary N) is 4. The fourth-order valence-electron chi connectivity index (χ4n) is 11.6. The van der Waals surface area contributed by atoms with Gasteiger partial charge in [0.15, 0.2) is 25.4 Å². The van der Waals surface area contributed by atoms with Crippen molar-refractivity contribution in [3.8, 4) is 0 Å². The summed E-state index contributed by atoms with van der Waals surface area (Å²) in [6.45, 7) is 19.0. The van der Waals surface area contributed by atoms with Gasteiger partial charge >= 0.3 is 41.8 Å². The Morgan fingerprint density at radius 3 is 0.670 bits per heavy atom. The highest BCUT2D eigenvalue weighted by atomic mass is 32.1. The van der Waals surface area contributed by atoms with Gasteiger partial charge in [-0.1, -0.05) is 0 Å². The van der Waals surface area contributed by atoms with E-state index >= 15 is 0 Å². The van der Waals surface area contributed by atoms with Crippen molar-refractivity contribution in [3.05, 3.63) is 0 Å². The van der Waals surface area contributed by atoms with Crippen molar-refractivity contribution >= 4 is 122 Å². The van der Waals surface area contributed by atoms with Gasteiger partial charge < -0.3 is 73.5 Å². The average Bonchev–Trinajstić information content (AvgIpc) is 0.815. The van der Waals surface area contributed by atoms with Crippen molar-refractivity contribution in [2.75, 3.05) is 161 Å². The van der Waals surface area contributed by atoms with E-state index in [2.05, 4.69) is 59.2 Å². The molecule has 0 aromatic heterocycles. The molecule has 0 saturated heterocycles. The van der Waals surface area contributed by atoms with Crippen LogP contribution in [0.4, 0.5) is 0 Å². The summed E-state index contributed by atoms with van der Waals surface area (Å²) in [7, 11) is 14.3. The summed E-state index contributed by atoms with van der Waals surface area (Å²) in [4.78, 5) is 159. The van der Waals surface area contributed by atoms with Crippen LogP contribution < -0.4 is 21.3 Å². The Bertz CT molecular complexity index is 2400.